The number of rotatable bonds is 8. The summed E-state index contributed by atoms with van der Waals surface area (Å²) in [6.45, 7) is 1.85. The molecule has 0 saturated heterocycles. The number of ether oxygens (including phenoxy) is 2. The average molecular weight is 335 g/mol. The van der Waals surface area contributed by atoms with Crippen molar-refractivity contribution in [3.63, 3.8) is 0 Å². The maximum atomic E-state index is 12.5. The van der Waals surface area contributed by atoms with Gasteiger partial charge in [-0.15, -0.1) is 0 Å². The lowest BCUT2D eigenvalue weighted by molar-refractivity contribution is -0.0505. The Balaban J connectivity index is 2.11. The van der Waals surface area contributed by atoms with E-state index in [9.17, 15) is 8.78 Å². The van der Waals surface area contributed by atoms with Gasteiger partial charge in [0.25, 0.3) is 0 Å². The highest BCUT2D eigenvalue weighted by Crippen LogP contribution is 2.26. The van der Waals surface area contributed by atoms with Crippen molar-refractivity contribution in [3.8, 4) is 11.5 Å². The number of nitrogens with one attached hydrogen (secondary N) is 1. The van der Waals surface area contributed by atoms with E-state index < -0.39 is 6.61 Å². The predicted octanol–water partition coefficient (Wildman–Crippen LogP) is 4.78. The Morgan fingerprint density at radius 3 is 2.25 bits per heavy atom. The third kappa shape index (κ3) is 4.93. The van der Waals surface area contributed by atoms with Gasteiger partial charge in [-0.25, -0.2) is 0 Å². The summed E-state index contributed by atoms with van der Waals surface area (Å²) in [5.74, 6) is 1.34. The van der Waals surface area contributed by atoms with Crippen LogP contribution in [0.3, 0.4) is 0 Å². The van der Waals surface area contributed by atoms with Crippen molar-refractivity contribution in [3.05, 3.63) is 59.7 Å². The molecule has 2 rings (SSSR count). The van der Waals surface area contributed by atoms with Crippen LogP contribution in [0.1, 0.15) is 31.0 Å². The van der Waals surface area contributed by atoms with Crippen molar-refractivity contribution < 1.29 is 18.3 Å². The molecule has 0 aromatic heterocycles. The first-order valence-electron chi connectivity index (χ1n) is 7.91. The number of benzene rings is 2. The molecule has 0 bridgehead atoms. The molecule has 0 aliphatic heterocycles. The molecule has 2 aromatic rings. The van der Waals surface area contributed by atoms with Crippen LogP contribution in [-0.2, 0) is 6.54 Å². The lowest BCUT2D eigenvalue weighted by Crippen LogP contribution is -2.25. The maximum Gasteiger partial charge on any atom is 0.387 e. The quantitative estimate of drug-likeness (QED) is 0.753. The van der Waals surface area contributed by atoms with Gasteiger partial charge in [0.1, 0.15) is 11.5 Å². The van der Waals surface area contributed by atoms with Crippen molar-refractivity contribution >= 4 is 0 Å². The van der Waals surface area contributed by atoms with Gasteiger partial charge in [-0.2, -0.15) is 8.78 Å². The first-order chi connectivity index (χ1) is 11.5. The zero-order valence-corrected chi connectivity index (χ0v) is 14.1. The van der Waals surface area contributed by atoms with Gasteiger partial charge in [0.2, 0.25) is 0 Å². The number of methoxy groups -OCH3 is 1. The van der Waals surface area contributed by atoms with Crippen LogP contribution in [0, 0.1) is 5.92 Å². The molecule has 0 aliphatic rings. The van der Waals surface area contributed by atoms with Gasteiger partial charge < -0.3 is 14.8 Å². The summed E-state index contributed by atoms with van der Waals surface area (Å²) in [5, 5.41) is 3.44. The topological polar surface area (TPSA) is 30.5 Å². The molecule has 1 atom stereocenters. The van der Waals surface area contributed by atoms with Crippen molar-refractivity contribution in [2.75, 3.05) is 7.11 Å². The number of alkyl halides is 2. The molecule has 0 amide bonds. The number of halogens is 2. The lowest BCUT2D eigenvalue weighted by Gasteiger charge is -2.24. The van der Waals surface area contributed by atoms with E-state index in [1.165, 1.54) is 0 Å². The van der Waals surface area contributed by atoms with E-state index >= 15 is 0 Å². The molecule has 3 nitrogen and oxygen atoms in total. The first-order valence-corrected chi connectivity index (χ1v) is 7.91. The molecule has 0 fully saturated rings. The largest absolute Gasteiger partial charge is 0.497 e. The minimum absolute atomic E-state index is 0.0931. The Hall–Kier alpha value is -2.14. The normalized spacial score (nSPS) is 12.5. The molecule has 0 saturated carbocycles. The van der Waals surface area contributed by atoms with Gasteiger partial charge in [0.15, 0.2) is 0 Å². The number of hydrogen-bond donors (Lipinski definition) is 1. The van der Waals surface area contributed by atoms with Crippen LogP contribution in [0.15, 0.2) is 48.5 Å². The molecule has 0 heterocycles. The minimum Gasteiger partial charge on any atom is -0.497 e. The highest BCUT2D eigenvalue weighted by Gasteiger charge is 2.17. The van der Waals surface area contributed by atoms with E-state index in [1.807, 2.05) is 30.3 Å². The molecule has 1 N–H and O–H groups in total. The van der Waals surface area contributed by atoms with E-state index in [4.69, 9.17) is 4.74 Å². The van der Waals surface area contributed by atoms with E-state index in [2.05, 4.69) is 23.9 Å². The minimum atomic E-state index is -2.83. The van der Waals surface area contributed by atoms with E-state index in [0.29, 0.717) is 18.0 Å². The van der Waals surface area contributed by atoms with Crippen molar-refractivity contribution in [2.24, 2.45) is 5.92 Å². The van der Waals surface area contributed by atoms with E-state index in [-0.39, 0.29) is 11.8 Å². The molecule has 24 heavy (non-hydrogen) atoms. The lowest BCUT2D eigenvalue weighted by atomic mass is 9.95. The van der Waals surface area contributed by atoms with Crippen LogP contribution in [-0.4, -0.2) is 13.7 Å². The Kier molecular flexibility index (Phi) is 6.55. The van der Waals surface area contributed by atoms with Crippen LogP contribution in [0.4, 0.5) is 8.78 Å². The molecule has 0 radical (unpaired) electrons. The maximum absolute atomic E-state index is 12.5. The van der Waals surface area contributed by atoms with E-state index in [1.54, 1.807) is 25.3 Å². The number of para-hydroxylation sites is 1. The highest BCUT2D eigenvalue weighted by molar-refractivity contribution is 5.34. The average Bonchev–Trinajstić information content (AvgIpc) is 2.56. The summed E-state index contributed by atoms with van der Waals surface area (Å²) in [4.78, 5) is 0. The SMILES string of the molecule is COc1ccc(C(NCc2ccccc2OC(F)F)C(C)C)cc1. The van der Waals surface area contributed by atoms with Gasteiger partial charge in [0.05, 0.1) is 7.11 Å². The zero-order chi connectivity index (χ0) is 17.5. The van der Waals surface area contributed by atoms with Crippen molar-refractivity contribution in [1.29, 1.82) is 0 Å². The fourth-order valence-corrected chi connectivity index (χ4v) is 2.63. The molecule has 5 heteroatoms. The standard InChI is InChI=1S/C19H23F2NO2/c1-13(2)18(14-8-10-16(23-3)11-9-14)22-12-15-6-4-5-7-17(15)24-19(20)21/h4-11,13,18-19,22H,12H2,1-3H3. The fraction of sp³-hybridized carbons (Fsp3) is 0.368. The fourth-order valence-electron chi connectivity index (χ4n) is 2.63. The summed E-state index contributed by atoms with van der Waals surface area (Å²) >= 11 is 0. The van der Waals surface area contributed by atoms with Crippen LogP contribution in [0.5, 0.6) is 11.5 Å². The van der Waals surface area contributed by atoms with Crippen molar-refractivity contribution in [2.45, 2.75) is 33.0 Å². The molecular formula is C19H23F2NO2. The van der Waals surface area contributed by atoms with Crippen LogP contribution < -0.4 is 14.8 Å². The summed E-state index contributed by atoms with van der Waals surface area (Å²) in [7, 11) is 1.63. The van der Waals surface area contributed by atoms with E-state index in [0.717, 1.165) is 11.3 Å². The molecule has 0 spiro atoms. The third-order valence-electron chi connectivity index (χ3n) is 3.84. The van der Waals surface area contributed by atoms with Gasteiger partial charge in [-0.05, 0) is 29.7 Å². The van der Waals surface area contributed by atoms with Gasteiger partial charge in [-0.3, -0.25) is 0 Å². The second-order valence-corrected chi connectivity index (χ2v) is 5.86. The third-order valence-corrected chi connectivity index (χ3v) is 3.84. The summed E-state index contributed by atoms with van der Waals surface area (Å²) < 4.78 is 34.8. The Morgan fingerprint density at radius 1 is 1.00 bits per heavy atom. The monoisotopic (exact) mass is 335 g/mol. The van der Waals surface area contributed by atoms with Gasteiger partial charge in [0, 0.05) is 18.2 Å². The first kappa shape index (κ1) is 18.2. The second-order valence-electron chi connectivity index (χ2n) is 5.86. The van der Waals surface area contributed by atoms with Gasteiger partial charge in [-0.1, -0.05) is 44.2 Å². The van der Waals surface area contributed by atoms with Crippen LogP contribution >= 0.6 is 0 Å². The van der Waals surface area contributed by atoms with Crippen LogP contribution in [0.2, 0.25) is 0 Å². The van der Waals surface area contributed by atoms with Crippen LogP contribution in [0.25, 0.3) is 0 Å². The summed E-state index contributed by atoms with van der Waals surface area (Å²) in [5.41, 5.74) is 1.83. The Labute approximate surface area is 141 Å². The molecule has 2 aromatic carbocycles. The van der Waals surface area contributed by atoms with Crippen molar-refractivity contribution in [1.82, 2.24) is 5.32 Å². The smallest absolute Gasteiger partial charge is 0.387 e. The molecule has 1 unspecified atom stereocenters. The Bertz CT molecular complexity index is 630. The van der Waals surface area contributed by atoms with Gasteiger partial charge >= 0.3 is 6.61 Å². The molecule has 130 valence electrons. The molecular weight excluding hydrogens is 312 g/mol. The zero-order valence-electron chi connectivity index (χ0n) is 14.1. The summed E-state index contributed by atoms with van der Waals surface area (Å²) in [6.07, 6.45) is 0. The Morgan fingerprint density at radius 2 is 1.67 bits per heavy atom. The highest BCUT2D eigenvalue weighted by atomic mass is 19.3. The second kappa shape index (κ2) is 8.64. The molecule has 0 aliphatic carbocycles. The predicted molar refractivity (Wildman–Crippen MR) is 90.5 cm³/mol. The number of hydrogen-bond acceptors (Lipinski definition) is 3. The summed E-state index contributed by atoms with van der Waals surface area (Å²) in [6, 6.07) is 14.8.